The number of amides is 1. The molecule has 0 spiro atoms. The monoisotopic (exact) mass is 406 g/mol. The first kappa shape index (κ1) is 20.0. The Bertz CT molecular complexity index is 945. The number of hydrogen-bond donors (Lipinski definition) is 0. The minimum atomic E-state index is -3.69. The molecular formula is C19H22N2O6S. The van der Waals surface area contributed by atoms with Gasteiger partial charge in [-0.2, -0.15) is 4.31 Å². The highest BCUT2D eigenvalue weighted by molar-refractivity contribution is 7.89. The first-order valence-electron chi connectivity index (χ1n) is 8.68. The molecule has 3 rings (SSSR count). The molecule has 1 amide bonds. The quantitative estimate of drug-likeness (QED) is 0.680. The zero-order chi connectivity index (χ0) is 20.1. The van der Waals surface area contributed by atoms with E-state index in [-0.39, 0.29) is 23.9 Å². The van der Waals surface area contributed by atoms with Crippen LogP contribution in [-0.4, -0.2) is 63.9 Å². The van der Waals surface area contributed by atoms with E-state index in [1.807, 2.05) is 0 Å². The predicted molar refractivity (Wildman–Crippen MR) is 103 cm³/mol. The van der Waals surface area contributed by atoms with Gasteiger partial charge in [-0.05, 0) is 30.3 Å². The van der Waals surface area contributed by atoms with Crippen LogP contribution in [0.2, 0.25) is 0 Å². The van der Waals surface area contributed by atoms with Crippen molar-refractivity contribution in [3.8, 4) is 11.5 Å². The maximum Gasteiger partial charge on any atom is 0.246 e. The Labute approximate surface area is 164 Å². The third-order valence-electron chi connectivity index (χ3n) is 4.48. The van der Waals surface area contributed by atoms with Crippen molar-refractivity contribution in [3.05, 3.63) is 48.4 Å². The Morgan fingerprint density at radius 1 is 1.07 bits per heavy atom. The van der Waals surface area contributed by atoms with E-state index in [2.05, 4.69) is 0 Å². The molecule has 0 N–H and O–H groups in total. The van der Waals surface area contributed by atoms with Crippen molar-refractivity contribution in [2.75, 3.05) is 40.4 Å². The fraction of sp³-hybridized carbons (Fsp3) is 0.316. The Balaban J connectivity index is 1.66. The molecule has 8 nitrogen and oxygen atoms in total. The molecule has 0 radical (unpaired) electrons. The van der Waals surface area contributed by atoms with Gasteiger partial charge in [-0.25, -0.2) is 8.42 Å². The van der Waals surface area contributed by atoms with E-state index in [9.17, 15) is 13.2 Å². The molecule has 9 heteroatoms. The number of sulfonamides is 1. The highest BCUT2D eigenvalue weighted by Gasteiger charge is 2.30. The van der Waals surface area contributed by atoms with Gasteiger partial charge < -0.3 is 18.8 Å². The molecule has 1 fully saturated rings. The van der Waals surface area contributed by atoms with E-state index in [1.165, 1.54) is 43.0 Å². The van der Waals surface area contributed by atoms with Crippen molar-refractivity contribution in [1.82, 2.24) is 9.21 Å². The number of hydrogen-bond acceptors (Lipinski definition) is 6. The summed E-state index contributed by atoms with van der Waals surface area (Å²) in [6.45, 7) is 1.07. The van der Waals surface area contributed by atoms with Gasteiger partial charge in [0.05, 0.1) is 25.4 Å². The summed E-state index contributed by atoms with van der Waals surface area (Å²) >= 11 is 0. The second kappa shape index (κ2) is 8.49. The second-order valence-corrected chi connectivity index (χ2v) is 8.03. The molecule has 150 valence electrons. The Hall–Kier alpha value is -2.78. The molecule has 28 heavy (non-hydrogen) atoms. The van der Waals surface area contributed by atoms with Gasteiger partial charge in [0.15, 0.2) is 11.5 Å². The summed E-state index contributed by atoms with van der Waals surface area (Å²) in [4.78, 5) is 14.0. The number of carbonyl (C=O) groups excluding carboxylic acids is 1. The molecular weight excluding hydrogens is 384 g/mol. The van der Waals surface area contributed by atoms with E-state index >= 15 is 0 Å². The number of methoxy groups -OCH3 is 2. The summed E-state index contributed by atoms with van der Waals surface area (Å²) in [5.74, 6) is 1.21. The average Bonchev–Trinajstić information content (AvgIpc) is 3.25. The SMILES string of the molecule is COc1ccc(S(=O)(=O)N2CCN(C(=O)/C=C/c3ccco3)CC2)cc1OC. The van der Waals surface area contributed by atoms with Crippen molar-refractivity contribution in [1.29, 1.82) is 0 Å². The minimum absolute atomic E-state index is 0.127. The van der Waals surface area contributed by atoms with Gasteiger partial charge in [0.2, 0.25) is 15.9 Å². The smallest absolute Gasteiger partial charge is 0.246 e. The van der Waals surface area contributed by atoms with Crippen LogP contribution >= 0.6 is 0 Å². The molecule has 0 aliphatic carbocycles. The van der Waals surface area contributed by atoms with Gasteiger partial charge in [-0.3, -0.25) is 4.79 Å². The number of nitrogens with zero attached hydrogens (tertiary/aromatic N) is 2. The molecule has 1 aromatic heterocycles. The van der Waals surface area contributed by atoms with Crippen LogP contribution in [0.1, 0.15) is 5.76 Å². The summed E-state index contributed by atoms with van der Waals surface area (Å²) in [6.07, 6.45) is 4.55. The van der Waals surface area contributed by atoms with Gasteiger partial charge in [0, 0.05) is 38.3 Å². The lowest BCUT2D eigenvalue weighted by Gasteiger charge is -2.33. The van der Waals surface area contributed by atoms with Crippen molar-refractivity contribution in [3.63, 3.8) is 0 Å². The van der Waals surface area contributed by atoms with Crippen molar-refractivity contribution >= 4 is 22.0 Å². The third-order valence-corrected chi connectivity index (χ3v) is 6.37. The molecule has 1 aromatic carbocycles. The van der Waals surface area contributed by atoms with Crippen molar-refractivity contribution in [2.45, 2.75) is 4.90 Å². The van der Waals surface area contributed by atoms with Crippen LogP contribution in [0.15, 0.2) is 52.0 Å². The Morgan fingerprint density at radius 3 is 2.39 bits per heavy atom. The van der Waals surface area contributed by atoms with Crippen LogP contribution in [0.4, 0.5) is 0 Å². The Morgan fingerprint density at radius 2 is 1.79 bits per heavy atom. The van der Waals surface area contributed by atoms with Crippen LogP contribution in [-0.2, 0) is 14.8 Å². The zero-order valence-corrected chi connectivity index (χ0v) is 16.5. The number of piperazine rings is 1. The molecule has 0 unspecified atom stereocenters. The highest BCUT2D eigenvalue weighted by Crippen LogP contribution is 2.30. The third kappa shape index (κ3) is 4.20. The normalized spacial score (nSPS) is 15.7. The van der Waals surface area contributed by atoms with Gasteiger partial charge in [-0.15, -0.1) is 0 Å². The van der Waals surface area contributed by atoms with E-state index in [0.717, 1.165) is 0 Å². The van der Waals surface area contributed by atoms with Crippen molar-refractivity contribution in [2.24, 2.45) is 0 Å². The first-order valence-corrected chi connectivity index (χ1v) is 10.1. The molecule has 0 saturated carbocycles. The number of rotatable bonds is 6. The van der Waals surface area contributed by atoms with Crippen molar-refractivity contribution < 1.29 is 27.1 Å². The molecule has 0 bridgehead atoms. The number of ether oxygens (including phenoxy) is 2. The van der Waals surface area contributed by atoms with E-state index in [1.54, 1.807) is 29.2 Å². The molecule has 2 aromatic rings. The topological polar surface area (TPSA) is 89.3 Å². The lowest BCUT2D eigenvalue weighted by Crippen LogP contribution is -2.50. The number of carbonyl (C=O) groups is 1. The minimum Gasteiger partial charge on any atom is -0.493 e. The summed E-state index contributed by atoms with van der Waals surface area (Å²) in [5.41, 5.74) is 0. The lowest BCUT2D eigenvalue weighted by molar-refractivity contribution is -0.127. The van der Waals surface area contributed by atoms with Crippen LogP contribution in [0.25, 0.3) is 6.08 Å². The van der Waals surface area contributed by atoms with Crippen LogP contribution in [0.5, 0.6) is 11.5 Å². The van der Waals surface area contributed by atoms with Crippen LogP contribution in [0.3, 0.4) is 0 Å². The molecule has 1 saturated heterocycles. The second-order valence-electron chi connectivity index (χ2n) is 6.09. The largest absolute Gasteiger partial charge is 0.493 e. The fourth-order valence-electron chi connectivity index (χ4n) is 2.92. The molecule has 0 atom stereocenters. The number of benzene rings is 1. The Kier molecular flexibility index (Phi) is 6.05. The average molecular weight is 406 g/mol. The summed E-state index contributed by atoms with van der Waals surface area (Å²) in [5, 5.41) is 0. The standard InChI is InChI=1S/C19H22N2O6S/c1-25-17-7-6-16(14-18(17)26-2)28(23,24)21-11-9-20(10-12-21)19(22)8-5-15-4-3-13-27-15/h3-8,13-14H,9-12H2,1-2H3/b8-5+. The van der Waals surface area contributed by atoms with E-state index in [4.69, 9.17) is 13.9 Å². The fourth-order valence-corrected chi connectivity index (χ4v) is 4.36. The summed E-state index contributed by atoms with van der Waals surface area (Å²) < 4.78 is 42.7. The summed E-state index contributed by atoms with van der Waals surface area (Å²) in [7, 11) is -0.748. The van der Waals surface area contributed by atoms with Crippen LogP contribution in [0, 0.1) is 0 Å². The molecule has 1 aliphatic rings. The van der Waals surface area contributed by atoms with E-state index in [0.29, 0.717) is 30.3 Å². The van der Waals surface area contributed by atoms with Gasteiger partial charge >= 0.3 is 0 Å². The maximum absolute atomic E-state index is 12.9. The molecule has 2 heterocycles. The van der Waals surface area contributed by atoms with Crippen LogP contribution < -0.4 is 9.47 Å². The lowest BCUT2D eigenvalue weighted by atomic mass is 10.3. The van der Waals surface area contributed by atoms with E-state index < -0.39 is 10.0 Å². The molecule has 1 aliphatic heterocycles. The highest BCUT2D eigenvalue weighted by atomic mass is 32.2. The first-order chi connectivity index (χ1) is 13.5. The zero-order valence-electron chi connectivity index (χ0n) is 15.7. The van der Waals surface area contributed by atoms with Gasteiger partial charge in [-0.1, -0.05) is 0 Å². The van der Waals surface area contributed by atoms with Gasteiger partial charge in [0.1, 0.15) is 5.76 Å². The number of furan rings is 1. The maximum atomic E-state index is 12.9. The predicted octanol–water partition coefficient (Wildman–Crippen LogP) is 1.84. The summed E-state index contributed by atoms with van der Waals surface area (Å²) in [6, 6.07) is 7.97. The van der Waals surface area contributed by atoms with Gasteiger partial charge in [0.25, 0.3) is 0 Å².